The lowest BCUT2D eigenvalue weighted by molar-refractivity contribution is -0.119. The first-order valence-corrected chi connectivity index (χ1v) is 9.98. The molecule has 2 aromatic carbocycles. The quantitative estimate of drug-likeness (QED) is 0.752. The zero-order chi connectivity index (χ0) is 19.1. The molecule has 1 aliphatic heterocycles. The fraction of sp³-hybridized carbons (Fsp3) is 0.333. The maximum atomic E-state index is 12.1. The Hall–Kier alpha value is -1.95. The minimum Gasteiger partial charge on any atom is -0.360 e. The van der Waals surface area contributed by atoms with Gasteiger partial charge < -0.3 is 10.6 Å². The average Bonchev–Trinajstić information content (AvgIpc) is 2.66. The van der Waals surface area contributed by atoms with E-state index in [0.717, 1.165) is 38.0 Å². The number of hydrogen-bond donors (Lipinski definition) is 2. The highest BCUT2D eigenvalue weighted by molar-refractivity contribution is 7.80. The van der Waals surface area contributed by atoms with Crippen LogP contribution in [0, 0.1) is 0 Å². The number of carbonyl (C=O) groups is 1. The lowest BCUT2D eigenvalue weighted by Gasteiger charge is -2.32. The summed E-state index contributed by atoms with van der Waals surface area (Å²) in [4.78, 5) is 14.6. The van der Waals surface area contributed by atoms with Crippen molar-refractivity contribution in [2.24, 2.45) is 0 Å². The predicted octanol–water partition coefficient (Wildman–Crippen LogP) is 3.54. The van der Waals surface area contributed by atoms with Crippen molar-refractivity contribution in [3.8, 4) is 0 Å². The van der Waals surface area contributed by atoms with Gasteiger partial charge in [0.2, 0.25) is 5.91 Å². The standard InChI is InChI=1S/C21H24ClN3OS/c22-18-8-6-16(7-9-18)14-20(26)24-21(27)23-19-10-12-25(13-11-19)15-17-4-2-1-3-5-17/h1-9,19H,10-15H2,(H2,23,24,26,27). The number of rotatable bonds is 5. The number of hydrogen-bond acceptors (Lipinski definition) is 3. The Balaban J connectivity index is 1.37. The first-order chi connectivity index (χ1) is 13.1. The first kappa shape index (κ1) is 19.8. The molecule has 0 radical (unpaired) electrons. The Morgan fingerprint density at radius 3 is 2.37 bits per heavy atom. The minimum atomic E-state index is -0.115. The maximum absolute atomic E-state index is 12.1. The first-order valence-electron chi connectivity index (χ1n) is 9.19. The Morgan fingerprint density at radius 1 is 1.04 bits per heavy atom. The van der Waals surface area contributed by atoms with Crippen molar-refractivity contribution in [2.75, 3.05) is 13.1 Å². The summed E-state index contributed by atoms with van der Waals surface area (Å²) in [5.41, 5.74) is 2.25. The summed E-state index contributed by atoms with van der Waals surface area (Å²) >= 11 is 11.2. The van der Waals surface area contributed by atoms with Crippen LogP contribution >= 0.6 is 23.8 Å². The van der Waals surface area contributed by atoms with Gasteiger partial charge in [0, 0.05) is 30.7 Å². The van der Waals surface area contributed by atoms with Crippen LogP contribution in [0.2, 0.25) is 5.02 Å². The Morgan fingerprint density at radius 2 is 1.70 bits per heavy atom. The van der Waals surface area contributed by atoms with Crippen LogP contribution in [0.3, 0.4) is 0 Å². The van der Waals surface area contributed by atoms with Crippen LogP contribution in [-0.4, -0.2) is 35.1 Å². The molecule has 3 rings (SSSR count). The molecule has 2 N–H and O–H groups in total. The van der Waals surface area contributed by atoms with Gasteiger partial charge in [-0.05, 0) is 48.3 Å². The zero-order valence-electron chi connectivity index (χ0n) is 15.2. The van der Waals surface area contributed by atoms with E-state index in [1.165, 1.54) is 5.56 Å². The number of nitrogens with one attached hydrogen (secondary N) is 2. The predicted molar refractivity (Wildman–Crippen MR) is 114 cm³/mol. The second-order valence-electron chi connectivity index (χ2n) is 6.86. The number of halogens is 1. The third-order valence-electron chi connectivity index (χ3n) is 4.70. The molecule has 0 atom stereocenters. The monoisotopic (exact) mass is 401 g/mol. The van der Waals surface area contributed by atoms with Gasteiger partial charge in [-0.1, -0.05) is 54.1 Å². The second-order valence-corrected chi connectivity index (χ2v) is 7.71. The average molecular weight is 402 g/mol. The van der Waals surface area contributed by atoms with Crippen molar-refractivity contribution in [2.45, 2.75) is 31.8 Å². The topological polar surface area (TPSA) is 44.4 Å². The highest BCUT2D eigenvalue weighted by Crippen LogP contribution is 2.14. The van der Waals surface area contributed by atoms with Crippen molar-refractivity contribution in [3.63, 3.8) is 0 Å². The fourth-order valence-electron chi connectivity index (χ4n) is 3.26. The number of likely N-dealkylation sites (tertiary alicyclic amines) is 1. The summed E-state index contributed by atoms with van der Waals surface area (Å²) in [7, 11) is 0. The molecule has 142 valence electrons. The van der Waals surface area contributed by atoms with E-state index in [1.54, 1.807) is 12.1 Å². The van der Waals surface area contributed by atoms with Crippen LogP contribution in [0.1, 0.15) is 24.0 Å². The highest BCUT2D eigenvalue weighted by atomic mass is 35.5. The highest BCUT2D eigenvalue weighted by Gasteiger charge is 2.20. The number of thiocarbonyl (C=S) groups is 1. The van der Waals surface area contributed by atoms with E-state index in [1.807, 2.05) is 18.2 Å². The van der Waals surface area contributed by atoms with Crippen LogP contribution in [0.4, 0.5) is 0 Å². The van der Waals surface area contributed by atoms with Gasteiger partial charge in [-0.15, -0.1) is 0 Å². The fourth-order valence-corrected chi connectivity index (χ4v) is 3.66. The number of amides is 1. The van der Waals surface area contributed by atoms with Crippen molar-refractivity contribution >= 4 is 34.8 Å². The summed E-state index contributed by atoms with van der Waals surface area (Å²) in [6, 6.07) is 18.1. The summed E-state index contributed by atoms with van der Waals surface area (Å²) in [5, 5.41) is 7.13. The molecule has 1 amide bonds. The number of benzene rings is 2. The smallest absolute Gasteiger partial charge is 0.230 e. The van der Waals surface area contributed by atoms with E-state index in [4.69, 9.17) is 23.8 Å². The van der Waals surface area contributed by atoms with E-state index in [9.17, 15) is 4.79 Å². The Bertz CT molecular complexity index is 759. The van der Waals surface area contributed by atoms with Crippen LogP contribution in [0.15, 0.2) is 54.6 Å². The van der Waals surface area contributed by atoms with E-state index < -0.39 is 0 Å². The summed E-state index contributed by atoms with van der Waals surface area (Å²) < 4.78 is 0. The minimum absolute atomic E-state index is 0.115. The second kappa shape index (κ2) is 9.83. The van der Waals surface area contributed by atoms with Gasteiger partial charge in [0.15, 0.2) is 5.11 Å². The van der Waals surface area contributed by atoms with Crippen molar-refractivity contribution in [1.29, 1.82) is 0 Å². The molecule has 4 nitrogen and oxygen atoms in total. The van der Waals surface area contributed by atoms with E-state index in [-0.39, 0.29) is 12.3 Å². The summed E-state index contributed by atoms with van der Waals surface area (Å²) in [5.74, 6) is -0.115. The van der Waals surface area contributed by atoms with E-state index >= 15 is 0 Å². The van der Waals surface area contributed by atoms with Gasteiger partial charge in [-0.3, -0.25) is 9.69 Å². The zero-order valence-corrected chi connectivity index (χ0v) is 16.7. The van der Waals surface area contributed by atoms with Gasteiger partial charge in [0.25, 0.3) is 0 Å². The molecule has 27 heavy (non-hydrogen) atoms. The SMILES string of the molecule is O=C(Cc1ccc(Cl)cc1)NC(=S)NC1CCN(Cc2ccccc2)CC1. The molecule has 0 aliphatic carbocycles. The van der Waals surface area contributed by atoms with Crippen molar-refractivity contribution < 1.29 is 4.79 Å². The molecule has 6 heteroatoms. The molecule has 1 aliphatic rings. The van der Waals surface area contributed by atoms with Crippen LogP contribution in [-0.2, 0) is 17.8 Å². The summed E-state index contributed by atoms with van der Waals surface area (Å²) in [6.07, 6.45) is 2.31. The molecule has 0 unspecified atom stereocenters. The third-order valence-corrected chi connectivity index (χ3v) is 5.17. The molecule has 0 aromatic heterocycles. The van der Waals surface area contributed by atoms with E-state index in [2.05, 4.69) is 39.8 Å². The molecular formula is C21H24ClN3OS. The molecule has 1 saturated heterocycles. The molecule has 0 spiro atoms. The van der Waals surface area contributed by atoms with Gasteiger partial charge >= 0.3 is 0 Å². The Labute approximate surface area is 170 Å². The van der Waals surface area contributed by atoms with Crippen LogP contribution in [0.5, 0.6) is 0 Å². The number of nitrogens with zero attached hydrogens (tertiary/aromatic N) is 1. The molecule has 1 heterocycles. The number of piperidine rings is 1. The largest absolute Gasteiger partial charge is 0.360 e. The van der Waals surface area contributed by atoms with Gasteiger partial charge in [-0.2, -0.15) is 0 Å². The summed E-state index contributed by atoms with van der Waals surface area (Å²) in [6.45, 7) is 3.03. The molecule has 0 bridgehead atoms. The third kappa shape index (κ3) is 6.61. The Kier molecular flexibility index (Phi) is 7.21. The molecule has 0 saturated carbocycles. The van der Waals surface area contributed by atoms with Gasteiger partial charge in [0.05, 0.1) is 6.42 Å². The van der Waals surface area contributed by atoms with Crippen molar-refractivity contribution in [3.05, 3.63) is 70.7 Å². The van der Waals surface area contributed by atoms with Crippen molar-refractivity contribution in [1.82, 2.24) is 15.5 Å². The van der Waals surface area contributed by atoms with Crippen LogP contribution < -0.4 is 10.6 Å². The van der Waals surface area contributed by atoms with E-state index in [0.29, 0.717) is 16.2 Å². The normalized spacial score (nSPS) is 15.3. The van der Waals surface area contributed by atoms with Gasteiger partial charge in [0.1, 0.15) is 0 Å². The lowest BCUT2D eigenvalue weighted by atomic mass is 10.0. The lowest BCUT2D eigenvalue weighted by Crippen LogP contribution is -2.49. The van der Waals surface area contributed by atoms with Crippen LogP contribution in [0.25, 0.3) is 0 Å². The molecular weight excluding hydrogens is 378 g/mol. The number of carbonyl (C=O) groups excluding carboxylic acids is 1. The molecule has 2 aromatic rings. The molecule has 1 fully saturated rings. The van der Waals surface area contributed by atoms with Gasteiger partial charge in [-0.25, -0.2) is 0 Å². The maximum Gasteiger partial charge on any atom is 0.230 e.